The molecule has 0 N–H and O–H groups in total. The monoisotopic (exact) mass is 271 g/mol. The van der Waals surface area contributed by atoms with Gasteiger partial charge in [0.1, 0.15) is 0 Å². The minimum atomic E-state index is -0.0305. The average molecular weight is 272 g/mol. The molecule has 0 bridgehead atoms. The van der Waals surface area contributed by atoms with Crippen LogP contribution in [0.15, 0.2) is 17.2 Å². The van der Waals surface area contributed by atoms with Gasteiger partial charge in [-0.2, -0.15) is 0 Å². The van der Waals surface area contributed by atoms with Gasteiger partial charge in [-0.3, -0.25) is 4.79 Å². The van der Waals surface area contributed by atoms with Gasteiger partial charge in [-0.25, -0.2) is 4.98 Å². The molecule has 0 fully saturated rings. The summed E-state index contributed by atoms with van der Waals surface area (Å²) in [7, 11) is 0. The summed E-state index contributed by atoms with van der Waals surface area (Å²) in [4.78, 5) is 18.6. The van der Waals surface area contributed by atoms with Crippen LogP contribution in [0.3, 0.4) is 0 Å². The highest BCUT2D eigenvalue weighted by atomic mass is 35.5. The van der Waals surface area contributed by atoms with Crippen molar-refractivity contribution < 1.29 is 0 Å². The Hall–Kier alpha value is -1.03. The molecule has 102 valence electrons. The Kier molecular flexibility index (Phi) is 6.19. The summed E-state index contributed by atoms with van der Waals surface area (Å²) in [6, 6.07) is 0.316. The molecule has 0 radical (unpaired) electrons. The lowest BCUT2D eigenvalue weighted by molar-refractivity contribution is 0.555. The van der Waals surface area contributed by atoms with Gasteiger partial charge < -0.3 is 9.47 Å². The molecule has 1 rings (SSSR count). The minimum absolute atomic E-state index is 0.0305. The Morgan fingerprint density at radius 2 is 2.06 bits per heavy atom. The first-order valence-electron chi connectivity index (χ1n) is 6.57. The summed E-state index contributed by atoms with van der Waals surface area (Å²) in [5, 5.41) is 0. The first-order valence-corrected chi connectivity index (χ1v) is 7.10. The van der Waals surface area contributed by atoms with Gasteiger partial charge >= 0.3 is 0 Å². The number of anilines is 1. The molecule has 1 heterocycles. The van der Waals surface area contributed by atoms with E-state index in [0.29, 0.717) is 30.8 Å². The van der Waals surface area contributed by atoms with Crippen LogP contribution in [0.1, 0.15) is 33.6 Å². The maximum Gasteiger partial charge on any atom is 0.293 e. The van der Waals surface area contributed by atoms with Gasteiger partial charge in [-0.15, -0.1) is 11.6 Å². The highest BCUT2D eigenvalue weighted by molar-refractivity contribution is 6.18. The second-order valence-corrected chi connectivity index (χ2v) is 4.57. The molecular weight excluding hydrogens is 250 g/mol. The lowest BCUT2D eigenvalue weighted by atomic mass is 10.1. The molecule has 0 aromatic carbocycles. The van der Waals surface area contributed by atoms with E-state index in [1.54, 1.807) is 17.0 Å². The molecule has 4 nitrogen and oxygen atoms in total. The molecule has 0 aliphatic carbocycles. The van der Waals surface area contributed by atoms with Crippen LogP contribution in [0, 0.1) is 0 Å². The van der Waals surface area contributed by atoms with Crippen LogP contribution in [0.4, 0.5) is 5.82 Å². The van der Waals surface area contributed by atoms with E-state index < -0.39 is 0 Å². The SMILES string of the molecule is CCC(CC)N(CCCl)c1nccn(CC)c1=O. The first kappa shape index (κ1) is 15.0. The van der Waals surface area contributed by atoms with Crippen molar-refractivity contribution in [3.63, 3.8) is 0 Å². The Morgan fingerprint density at radius 3 is 2.56 bits per heavy atom. The normalized spacial score (nSPS) is 10.9. The molecule has 0 atom stereocenters. The largest absolute Gasteiger partial charge is 0.348 e. The van der Waals surface area contributed by atoms with Crippen molar-refractivity contribution in [1.29, 1.82) is 0 Å². The van der Waals surface area contributed by atoms with E-state index in [1.165, 1.54) is 0 Å². The number of nitrogens with zero attached hydrogens (tertiary/aromatic N) is 3. The third-order valence-electron chi connectivity index (χ3n) is 3.22. The van der Waals surface area contributed by atoms with Gasteiger partial charge in [0.2, 0.25) is 0 Å². The average Bonchev–Trinajstić information content (AvgIpc) is 2.39. The van der Waals surface area contributed by atoms with Crippen LogP contribution in [0.25, 0.3) is 0 Å². The second kappa shape index (κ2) is 7.41. The van der Waals surface area contributed by atoms with Crippen LogP contribution in [0.5, 0.6) is 0 Å². The number of hydrogen-bond donors (Lipinski definition) is 0. The van der Waals surface area contributed by atoms with Gasteiger partial charge in [0, 0.05) is 37.4 Å². The van der Waals surface area contributed by atoms with Gasteiger partial charge in [0.05, 0.1) is 0 Å². The number of aromatic nitrogens is 2. The van der Waals surface area contributed by atoms with Gasteiger partial charge in [-0.1, -0.05) is 13.8 Å². The van der Waals surface area contributed by atoms with Crippen LogP contribution in [-0.2, 0) is 6.54 Å². The van der Waals surface area contributed by atoms with Crippen LogP contribution in [0.2, 0.25) is 0 Å². The molecule has 0 unspecified atom stereocenters. The van der Waals surface area contributed by atoms with Gasteiger partial charge in [0.15, 0.2) is 5.82 Å². The number of halogens is 1. The molecule has 5 heteroatoms. The topological polar surface area (TPSA) is 38.1 Å². The number of alkyl halides is 1. The first-order chi connectivity index (χ1) is 8.69. The van der Waals surface area contributed by atoms with E-state index in [2.05, 4.69) is 18.8 Å². The molecule has 1 aromatic heterocycles. The maximum absolute atomic E-state index is 12.3. The highest BCUT2D eigenvalue weighted by Gasteiger charge is 2.19. The van der Waals surface area contributed by atoms with E-state index in [0.717, 1.165) is 12.8 Å². The van der Waals surface area contributed by atoms with Gasteiger partial charge in [0.25, 0.3) is 5.56 Å². The van der Waals surface area contributed by atoms with E-state index in [9.17, 15) is 4.79 Å². The molecule has 0 saturated heterocycles. The standard InChI is InChI=1S/C13H22ClN3O/c1-4-11(5-2)17(9-7-14)12-13(18)16(6-3)10-8-15-12/h8,10-11H,4-7,9H2,1-3H3. The van der Waals surface area contributed by atoms with E-state index in [4.69, 9.17) is 11.6 Å². The summed E-state index contributed by atoms with van der Waals surface area (Å²) in [5.41, 5.74) is -0.0305. The molecule has 0 aliphatic heterocycles. The van der Waals surface area contributed by atoms with Crippen molar-refractivity contribution in [1.82, 2.24) is 9.55 Å². The fourth-order valence-corrected chi connectivity index (χ4v) is 2.35. The summed E-state index contributed by atoms with van der Waals surface area (Å²) in [6.07, 6.45) is 5.37. The summed E-state index contributed by atoms with van der Waals surface area (Å²) < 4.78 is 1.67. The summed E-state index contributed by atoms with van der Waals surface area (Å²) in [6.45, 7) is 7.51. The number of rotatable bonds is 7. The predicted molar refractivity (Wildman–Crippen MR) is 76.6 cm³/mol. The maximum atomic E-state index is 12.3. The fraction of sp³-hybridized carbons (Fsp3) is 0.692. The van der Waals surface area contributed by atoms with E-state index in [1.807, 2.05) is 11.8 Å². The second-order valence-electron chi connectivity index (χ2n) is 4.19. The lowest BCUT2D eigenvalue weighted by Gasteiger charge is -2.30. The van der Waals surface area contributed by atoms with Crippen molar-refractivity contribution in [2.24, 2.45) is 0 Å². The summed E-state index contributed by atoms with van der Waals surface area (Å²) >= 11 is 5.85. The van der Waals surface area contributed by atoms with Crippen molar-refractivity contribution >= 4 is 17.4 Å². The van der Waals surface area contributed by atoms with Crippen molar-refractivity contribution in [3.05, 3.63) is 22.7 Å². The Balaban J connectivity index is 3.16. The third kappa shape index (κ3) is 3.25. The van der Waals surface area contributed by atoms with Crippen LogP contribution >= 0.6 is 11.6 Å². The van der Waals surface area contributed by atoms with Crippen molar-refractivity contribution in [2.45, 2.75) is 46.2 Å². The van der Waals surface area contributed by atoms with E-state index >= 15 is 0 Å². The zero-order valence-electron chi connectivity index (χ0n) is 11.4. The summed E-state index contributed by atoms with van der Waals surface area (Å²) in [5.74, 6) is 1.02. The fourth-order valence-electron chi connectivity index (χ4n) is 2.16. The minimum Gasteiger partial charge on any atom is -0.348 e. The Bertz CT molecular complexity index is 415. The van der Waals surface area contributed by atoms with Crippen LogP contribution < -0.4 is 10.5 Å². The zero-order valence-corrected chi connectivity index (χ0v) is 12.2. The zero-order chi connectivity index (χ0) is 13.5. The van der Waals surface area contributed by atoms with Crippen molar-refractivity contribution in [2.75, 3.05) is 17.3 Å². The third-order valence-corrected chi connectivity index (χ3v) is 3.39. The molecular formula is C13H22ClN3O. The number of aryl methyl sites for hydroxylation is 1. The predicted octanol–water partition coefficient (Wildman–Crippen LogP) is 2.50. The molecule has 0 amide bonds. The van der Waals surface area contributed by atoms with Crippen molar-refractivity contribution in [3.8, 4) is 0 Å². The molecule has 0 saturated carbocycles. The van der Waals surface area contributed by atoms with E-state index in [-0.39, 0.29) is 5.56 Å². The Labute approximate surface area is 114 Å². The molecule has 0 spiro atoms. The Morgan fingerprint density at radius 1 is 1.39 bits per heavy atom. The molecule has 1 aromatic rings. The van der Waals surface area contributed by atoms with Gasteiger partial charge in [-0.05, 0) is 19.8 Å². The highest BCUT2D eigenvalue weighted by Crippen LogP contribution is 2.14. The smallest absolute Gasteiger partial charge is 0.293 e. The van der Waals surface area contributed by atoms with Crippen LogP contribution in [-0.4, -0.2) is 28.0 Å². The lowest BCUT2D eigenvalue weighted by Crippen LogP contribution is -2.41. The molecule has 0 aliphatic rings. The quantitative estimate of drug-likeness (QED) is 0.715. The molecule has 18 heavy (non-hydrogen) atoms. The number of hydrogen-bond acceptors (Lipinski definition) is 3.